The van der Waals surface area contributed by atoms with E-state index in [1.165, 1.54) is 61.4 Å². The summed E-state index contributed by atoms with van der Waals surface area (Å²) in [6.45, 7) is 35.0. The molecule has 0 atom stereocenters. The highest BCUT2D eigenvalue weighted by Crippen LogP contribution is 2.48. The first-order valence-electron chi connectivity index (χ1n) is 24.1. The maximum absolute atomic E-state index is 6.89. The molecule has 67 heavy (non-hydrogen) atoms. The summed E-state index contributed by atoms with van der Waals surface area (Å²) in [4.78, 5) is 9.92. The zero-order valence-corrected chi connectivity index (χ0v) is 42.7. The van der Waals surface area contributed by atoms with Gasteiger partial charge in [0.05, 0.1) is 22.4 Å². The van der Waals surface area contributed by atoms with Crippen LogP contribution in [0.15, 0.2) is 140 Å². The van der Waals surface area contributed by atoms with Gasteiger partial charge >= 0.3 is 0 Å². The van der Waals surface area contributed by atoms with Crippen molar-refractivity contribution < 1.29 is 4.74 Å². The van der Waals surface area contributed by atoms with E-state index in [1.807, 2.05) is 6.20 Å². The van der Waals surface area contributed by atoms with Crippen molar-refractivity contribution in [1.82, 2.24) is 9.55 Å². The molecule has 0 amide bonds. The highest BCUT2D eigenvalue weighted by atomic mass is 16.5. The third-order valence-electron chi connectivity index (χ3n) is 13.7. The first kappa shape index (κ1) is 45.8. The number of nitrogens with zero attached hydrogens (tertiary/aromatic N) is 4. The van der Waals surface area contributed by atoms with Crippen molar-refractivity contribution in [2.75, 3.05) is 16.5 Å². The molecule has 0 unspecified atom stereocenters. The van der Waals surface area contributed by atoms with Crippen molar-refractivity contribution in [3.05, 3.63) is 167 Å². The minimum atomic E-state index is -0.0326. The minimum absolute atomic E-state index is 0.00536. The zero-order valence-electron chi connectivity index (χ0n) is 42.7. The SMILES string of the molecule is CC(C)(C)c1ccc(-c2ccc3c(c2)c2ccc(Oc4cccc(N5CN(c6cc(C(C)(C)C)cc(C(C)(C)C)c6)c6ccc(C(C)(C)C)cc65)c4)cc2n3-c2cc(C(C)(C)C)ccn2)cc1. The number of anilines is 4. The minimum Gasteiger partial charge on any atom is -0.457 e. The van der Waals surface area contributed by atoms with E-state index in [-0.39, 0.29) is 27.1 Å². The number of aromatic nitrogens is 2. The van der Waals surface area contributed by atoms with Crippen molar-refractivity contribution in [3.8, 4) is 28.4 Å². The molecule has 0 bridgehead atoms. The largest absolute Gasteiger partial charge is 0.457 e. The average Bonchev–Trinajstić information content (AvgIpc) is 3.80. The summed E-state index contributed by atoms with van der Waals surface area (Å²) in [6, 6.07) is 49.5. The first-order valence-corrected chi connectivity index (χ1v) is 24.1. The highest BCUT2D eigenvalue weighted by molar-refractivity contribution is 6.10. The molecule has 2 aromatic heterocycles. The van der Waals surface area contributed by atoms with Gasteiger partial charge in [0.15, 0.2) is 0 Å². The second-order valence-corrected chi connectivity index (χ2v) is 24.0. The van der Waals surface area contributed by atoms with Gasteiger partial charge in [-0.15, -0.1) is 0 Å². The molecule has 6 aromatic carbocycles. The van der Waals surface area contributed by atoms with Gasteiger partial charge in [0.25, 0.3) is 0 Å². The van der Waals surface area contributed by atoms with E-state index in [9.17, 15) is 0 Å². The number of hydrogen-bond acceptors (Lipinski definition) is 4. The van der Waals surface area contributed by atoms with Gasteiger partial charge in [-0.2, -0.15) is 0 Å². The van der Waals surface area contributed by atoms with Crippen LogP contribution in [0.5, 0.6) is 11.5 Å². The topological polar surface area (TPSA) is 33.5 Å². The molecule has 5 nitrogen and oxygen atoms in total. The van der Waals surface area contributed by atoms with Crippen LogP contribution in [0.1, 0.15) is 132 Å². The third-order valence-corrected chi connectivity index (χ3v) is 13.7. The maximum atomic E-state index is 6.89. The van der Waals surface area contributed by atoms with Crippen LogP contribution < -0.4 is 14.5 Å². The number of hydrogen-bond donors (Lipinski definition) is 0. The van der Waals surface area contributed by atoms with Gasteiger partial charge in [-0.05, 0) is 139 Å². The molecule has 0 saturated heterocycles. The van der Waals surface area contributed by atoms with Gasteiger partial charge in [0.2, 0.25) is 0 Å². The molecule has 0 spiro atoms. The number of fused-ring (bicyclic) bond motifs is 4. The maximum Gasteiger partial charge on any atom is 0.137 e. The molecule has 344 valence electrons. The zero-order chi connectivity index (χ0) is 48.0. The Bertz CT molecular complexity index is 3120. The van der Waals surface area contributed by atoms with Crippen LogP contribution in [-0.4, -0.2) is 16.2 Å². The molecule has 9 rings (SSSR count). The van der Waals surface area contributed by atoms with Crippen LogP contribution in [0.2, 0.25) is 0 Å². The molecule has 1 aliphatic heterocycles. The van der Waals surface area contributed by atoms with E-state index in [4.69, 9.17) is 9.72 Å². The Morgan fingerprint density at radius 1 is 0.403 bits per heavy atom. The van der Waals surface area contributed by atoms with E-state index in [1.54, 1.807) is 0 Å². The number of ether oxygens (including phenoxy) is 1. The van der Waals surface area contributed by atoms with Crippen LogP contribution in [0.3, 0.4) is 0 Å². The number of benzene rings is 6. The van der Waals surface area contributed by atoms with E-state index >= 15 is 0 Å². The predicted octanol–water partition coefficient (Wildman–Crippen LogP) is 17.4. The third kappa shape index (κ3) is 8.98. The number of pyridine rings is 1. The van der Waals surface area contributed by atoms with Crippen molar-refractivity contribution in [3.63, 3.8) is 0 Å². The summed E-state index contributed by atoms with van der Waals surface area (Å²) in [5, 5.41) is 2.33. The lowest BCUT2D eigenvalue weighted by Gasteiger charge is -2.29. The van der Waals surface area contributed by atoms with Crippen LogP contribution in [0, 0.1) is 0 Å². The first-order chi connectivity index (χ1) is 31.3. The van der Waals surface area contributed by atoms with Crippen molar-refractivity contribution in [2.45, 2.75) is 131 Å². The molecule has 0 saturated carbocycles. The van der Waals surface area contributed by atoms with Gasteiger partial charge in [-0.3, -0.25) is 4.57 Å². The second kappa shape index (κ2) is 16.2. The molecule has 8 aromatic rings. The molecule has 0 fully saturated rings. The van der Waals surface area contributed by atoms with Crippen LogP contribution in [0.25, 0.3) is 38.8 Å². The molecule has 1 aliphatic rings. The predicted molar refractivity (Wildman–Crippen MR) is 286 cm³/mol. The van der Waals surface area contributed by atoms with Crippen molar-refractivity contribution in [1.29, 1.82) is 0 Å². The molecular weight excluding hydrogens is 817 g/mol. The Balaban J connectivity index is 1.12. The summed E-state index contributed by atoms with van der Waals surface area (Å²) in [5.74, 6) is 2.44. The molecule has 5 heteroatoms. The standard InChI is InChI=1S/C62H70N4O/c1-58(2,3)42-22-19-40(20-23-42)41-21-27-53-52(31-41)51-26-25-50(38-55(51)66(53)57-36-44(29-30-63-57)60(7,8)9)67-49-18-16-17-47(37-49)64-39-65(54-28-24-43(35-56(54)64)59(4,5)6)48-33-45(61(10,11)12)32-46(34-48)62(13,14)15/h16-38H,39H2,1-15H3. The van der Waals surface area contributed by atoms with Crippen LogP contribution in [0.4, 0.5) is 22.7 Å². The second-order valence-electron chi connectivity index (χ2n) is 24.0. The Morgan fingerprint density at radius 2 is 0.985 bits per heavy atom. The van der Waals surface area contributed by atoms with Crippen LogP contribution in [-0.2, 0) is 27.1 Å². The average molecular weight is 887 g/mol. The number of rotatable bonds is 6. The van der Waals surface area contributed by atoms with Gasteiger partial charge in [-0.1, -0.05) is 152 Å². The molecular formula is C62H70N4O. The van der Waals surface area contributed by atoms with Gasteiger partial charge in [0, 0.05) is 40.5 Å². The fourth-order valence-electron chi connectivity index (χ4n) is 9.31. The lowest BCUT2D eigenvalue weighted by atomic mass is 9.80. The van der Waals surface area contributed by atoms with E-state index in [0.29, 0.717) is 6.67 Å². The summed E-state index contributed by atoms with van der Waals surface area (Å²) in [6.07, 6.45) is 1.94. The summed E-state index contributed by atoms with van der Waals surface area (Å²) < 4.78 is 9.20. The Morgan fingerprint density at radius 3 is 1.63 bits per heavy atom. The Labute approximate surface area is 400 Å². The molecule has 0 aliphatic carbocycles. The normalized spacial score (nSPS) is 13.8. The fourth-order valence-corrected chi connectivity index (χ4v) is 9.31. The molecule has 0 radical (unpaired) electrons. The molecule has 0 N–H and O–H groups in total. The Hall–Kier alpha value is -6.33. The van der Waals surface area contributed by atoms with Crippen molar-refractivity contribution in [2.24, 2.45) is 0 Å². The van der Waals surface area contributed by atoms with E-state index < -0.39 is 0 Å². The van der Waals surface area contributed by atoms with E-state index in [0.717, 1.165) is 39.4 Å². The summed E-state index contributed by atoms with van der Waals surface area (Å²) >= 11 is 0. The van der Waals surface area contributed by atoms with Gasteiger partial charge in [0.1, 0.15) is 24.0 Å². The van der Waals surface area contributed by atoms with Gasteiger partial charge < -0.3 is 14.5 Å². The van der Waals surface area contributed by atoms with E-state index in [2.05, 4.69) is 252 Å². The summed E-state index contributed by atoms with van der Waals surface area (Å²) in [5.41, 5.74) is 15.9. The quantitative estimate of drug-likeness (QED) is 0.167. The Kier molecular flexibility index (Phi) is 11.1. The summed E-state index contributed by atoms with van der Waals surface area (Å²) in [7, 11) is 0. The lowest BCUT2D eigenvalue weighted by molar-refractivity contribution is 0.483. The highest BCUT2D eigenvalue weighted by Gasteiger charge is 2.32. The monoisotopic (exact) mass is 887 g/mol. The molecule has 3 heterocycles. The lowest BCUT2D eigenvalue weighted by Crippen LogP contribution is -2.25. The van der Waals surface area contributed by atoms with Gasteiger partial charge in [-0.25, -0.2) is 4.98 Å². The van der Waals surface area contributed by atoms with Crippen molar-refractivity contribution >= 4 is 44.6 Å². The smallest absolute Gasteiger partial charge is 0.137 e. The van der Waals surface area contributed by atoms with Crippen LogP contribution >= 0.6 is 0 Å². The fraction of sp³-hybridized carbons (Fsp3) is 0.339.